The minimum Gasteiger partial charge on any atom is -0.395 e. The topological polar surface area (TPSA) is 23.5 Å². The normalized spacial score (nSPS) is 28.6. The lowest BCUT2D eigenvalue weighted by Gasteiger charge is -2.39. The predicted molar refractivity (Wildman–Crippen MR) is 65.0 cm³/mol. The fraction of sp³-hybridized carbons (Fsp3) is 1.00. The van der Waals surface area contributed by atoms with Crippen molar-refractivity contribution in [2.75, 3.05) is 13.7 Å². The van der Waals surface area contributed by atoms with E-state index in [0.717, 1.165) is 12.0 Å². The Labute approximate surface area is 94.7 Å². The van der Waals surface area contributed by atoms with E-state index in [1.54, 1.807) is 0 Å². The molecule has 1 heterocycles. The highest BCUT2D eigenvalue weighted by atomic mass is 16.3. The lowest BCUT2D eigenvalue weighted by Crippen LogP contribution is -2.45. The summed E-state index contributed by atoms with van der Waals surface area (Å²) >= 11 is 0. The van der Waals surface area contributed by atoms with Gasteiger partial charge in [0.15, 0.2) is 0 Å². The van der Waals surface area contributed by atoms with Gasteiger partial charge in [-0.2, -0.15) is 0 Å². The van der Waals surface area contributed by atoms with E-state index in [4.69, 9.17) is 0 Å². The summed E-state index contributed by atoms with van der Waals surface area (Å²) in [6.07, 6.45) is 7.78. The number of likely N-dealkylation sites (tertiary alicyclic amines) is 1. The molecule has 1 aliphatic rings. The molecule has 0 aromatic carbocycles. The fourth-order valence-electron chi connectivity index (χ4n) is 2.62. The molecule has 1 rings (SSSR count). The van der Waals surface area contributed by atoms with Crippen LogP contribution in [0.5, 0.6) is 0 Å². The van der Waals surface area contributed by atoms with Gasteiger partial charge in [-0.3, -0.25) is 4.90 Å². The van der Waals surface area contributed by atoms with Gasteiger partial charge in [0, 0.05) is 12.1 Å². The maximum absolute atomic E-state index is 9.25. The van der Waals surface area contributed by atoms with Gasteiger partial charge in [-0.15, -0.1) is 0 Å². The second-order valence-corrected chi connectivity index (χ2v) is 5.41. The molecule has 15 heavy (non-hydrogen) atoms. The summed E-state index contributed by atoms with van der Waals surface area (Å²) < 4.78 is 0. The van der Waals surface area contributed by atoms with E-state index in [0.29, 0.717) is 12.6 Å². The second kappa shape index (κ2) is 6.49. The highest BCUT2D eigenvalue weighted by molar-refractivity contribution is 4.81. The zero-order valence-electron chi connectivity index (χ0n) is 10.6. The number of piperidine rings is 1. The van der Waals surface area contributed by atoms with Crippen molar-refractivity contribution in [3.05, 3.63) is 0 Å². The summed E-state index contributed by atoms with van der Waals surface area (Å²) in [5.74, 6) is 0.826. The Kier molecular flexibility index (Phi) is 5.62. The highest BCUT2D eigenvalue weighted by Crippen LogP contribution is 2.25. The largest absolute Gasteiger partial charge is 0.395 e. The van der Waals surface area contributed by atoms with E-state index < -0.39 is 0 Å². The Morgan fingerprint density at radius 3 is 2.53 bits per heavy atom. The number of hydrogen-bond acceptors (Lipinski definition) is 2. The van der Waals surface area contributed by atoms with Gasteiger partial charge in [-0.25, -0.2) is 0 Å². The average molecular weight is 213 g/mol. The standard InChI is InChI=1S/C13H27NO/c1-11(2)6-4-7-12-8-5-9-13(10-15)14(12)3/h11-13,15H,4-10H2,1-3H3. The van der Waals surface area contributed by atoms with Crippen LogP contribution in [0.3, 0.4) is 0 Å². The van der Waals surface area contributed by atoms with Crippen LogP contribution in [-0.4, -0.2) is 35.7 Å². The molecule has 2 unspecified atom stereocenters. The van der Waals surface area contributed by atoms with E-state index >= 15 is 0 Å². The van der Waals surface area contributed by atoms with Crippen LogP contribution in [-0.2, 0) is 0 Å². The Morgan fingerprint density at radius 2 is 1.93 bits per heavy atom. The van der Waals surface area contributed by atoms with Crippen LogP contribution in [0.15, 0.2) is 0 Å². The molecule has 1 N–H and O–H groups in total. The van der Waals surface area contributed by atoms with Gasteiger partial charge in [0.05, 0.1) is 6.61 Å². The van der Waals surface area contributed by atoms with E-state index in [2.05, 4.69) is 25.8 Å². The minimum atomic E-state index is 0.331. The molecule has 0 saturated carbocycles. The summed E-state index contributed by atoms with van der Waals surface area (Å²) in [6, 6.07) is 1.14. The maximum atomic E-state index is 9.25. The zero-order valence-corrected chi connectivity index (χ0v) is 10.6. The van der Waals surface area contributed by atoms with E-state index in [1.165, 1.54) is 38.5 Å². The number of aliphatic hydroxyl groups excluding tert-OH is 1. The summed E-state index contributed by atoms with van der Waals surface area (Å²) in [6.45, 7) is 4.92. The average Bonchev–Trinajstić information content (AvgIpc) is 2.20. The molecule has 0 amide bonds. The quantitative estimate of drug-likeness (QED) is 0.759. The first kappa shape index (κ1) is 13.0. The van der Waals surface area contributed by atoms with Gasteiger partial charge in [0.1, 0.15) is 0 Å². The molecule has 0 radical (unpaired) electrons. The molecule has 0 bridgehead atoms. The van der Waals surface area contributed by atoms with Gasteiger partial charge >= 0.3 is 0 Å². The van der Waals surface area contributed by atoms with Crippen LogP contribution in [0.4, 0.5) is 0 Å². The van der Waals surface area contributed by atoms with E-state index in [9.17, 15) is 5.11 Å². The Bertz CT molecular complexity index is 170. The zero-order chi connectivity index (χ0) is 11.3. The molecule has 2 nitrogen and oxygen atoms in total. The van der Waals surface area contributed by atoms with Crippen molar-refractivity contribution < 1.29 is 5.11 Å². The van der Waals surface area contributed by atoms with Crippen molar-refractivity contribution in [1.82, 2.24) is 4.90 Å². The third-order valence-electron chi connectivity index (χ3n) is 3.76. The van der Waals surface area contributed by atoms with Crippen molar-refractivity contribution in [1.29, 1.82) is 0 Å². The van der Waals surface area contributed by atoms with Crippen LogP contribution < -0.4 is 0 Å². The molecule has 2 atom stereocenters. The molecule has 90 valence electrons. The van der Waals surface area contributed by atoms with Crippen molar-refractivity contribution in [2.45, 2.75) is 64.5 Å². The molecule has 1 fully saturated rings. The Morgan fingerprint density at radius 1 is 1.27 bits per heavy atom. The van der Waals surface area contributed by atoms with Crippen molar-refractivity contribution in [3.63, 3.8) is 0 Å². The summed E-state index contributed by atoms with van der Waals surface area (Å²) in [7, 11) is 2.18. The monoisotopic (exact) mass is 213 g/mol. The summed E-state index contributed by atoms with van der Waals surface area (Å²) in [4.78, 5) is 2.41. The van der Waals surface area contributed by atoms with Gasteiger partial charge < -0.3 is 5.11 Å². The minimum absolute atomic E-state index is 0.331. The second-order valence-electron chi connectivity index (χ2n) is 5.41. The Hall–Kier alpha value is -0.0800. The number of nitrogens with zero attached hydrogens (tertiary/aromatic N) is 1. The van der Waals surface area contributed by atoms with E-state index in [1.807, 2.05) is 0 Å². The Balaban J connectivity index is 2.27. The first-order valence-corrected chi connectivity index (χ1v) is 6.48. The predicted octanol–water partition coefficient (Wildman–Crippen LogP) is 2.66. The SMILES string of the molecule is CC(C)CCCC1CCCC(CO)N1C. The van der Waals surface area contributed by atoms with Crippen molar-refractivity contribution in [3.8, 4) is 0 Å². The van der Waals surface area contributed by atoms with Crippen molar-refractivity contribution >= 4 is 0 Å². The van der Waals surface area contributed by atoms with Crippen LogP contribution in [0.25, 0.3) is 0 Å². The molecular formula is C13H27NO. The van der Waals surface area contributed by atoms with Gasteiger partial charge in [-0.1, -0.05) is 33.1 Å². The molecule has 1 aliphatic heterocycles. The third-order valence-corrected chi connectivity index (χ3v) is 3.76. The molecular weight excluding hydrogens is 186 g/mol. The number of hydrogen-bond donors (Lipinski definition) is 1. The van der Waals surface area contributed by atoms with Crippen LogP contribution >= 0.6 is 0 Å². The summed E-state index contributed by atoms with van der Waals surface area (Å²) in [5.41, 5.74) is 0. The maximum Gasteiger partial charge on any atom is 0.0586 e. The molecule has 0 spiro atoms. The lowest BCUT2D eigenvalue weighted by atomic mass is 9.92. The first-order chi connectivity index (χ1) is 7.15. The molecule has 0 aliphatic carbocycles. The number of likely N-dealkylation sites (N-methyl/N-ethyl adjacent to an activating group) is 1. The number of rotatable bonds is 5. The highest BCUT2D eigenvalue weighted by Gasteiger charge is 2.26. The van der Waals surface area contributed by atoms with Crippen LogP contribution in [0.1, 0.15) is 52.4 Å². The van der Waals surface area contributed by atoms with Crippen LogP contribution in [0, 0.1) is 5.92 Å². The molecule has 0 aromatic rings. The molecule has 1 saturated heterocycles. The van der Waals surface area contributed by atoms with Crippen molar-refractivity contribution in [2.24, 2.45) is 5.92 Å². The fourth-order valence-corrected chi connectivity index (χ4v) is 2.62. The smallest absolute Gasteiger partial charge is 0.0586 e. The van der Waals surface area contributed by atoms with Gasteiger partial charge in [0.25, 0.3) is 0 Å². The van der Waals surface area contributed by atoms with Gasteiger partial charge in [-0.05, 0) is 32.2 Å². The third kappa shape index (κ3) is 4.12. The first-order valence-electron chi connectivity index (χ1n) is 6.48. The lowest BCUT2D eigenvalue weighted by molar-refractivity contribution is 0.0627. The summed E-state index contributed by atoms with van der Waals surface area (Å²) in [5, 5.41) is 9.25. The van der Waals surface area contributed by atoms with Gasteiger partial charge in [0.2, 0.25) is 0 Å². The number of aliphatic hydroxyl groups is 1. The van der Waals surface area contributed by atoms with E-state index in [-0.39, 0.29) is 0 Å². The molecule has 0 aromatic heterocycles. The molecule has 2 heteroatoms. The van der Waals surface area contributed by atoms with Crippen LogP contribution in [0.2, 0.25) is 0 Å².